The van der Waals surface area contributed by atoms with Crippen molar-refractivity contribution in [3.63, 3.8) is 0 Å². The predicted octanol–water partition coefficient (Wildman–Crippen LogP) is 6.42. The average molecular weight is 322 g/mol. The van der Waals surface area contributed by atoms with E-state index in [0.29, 0.717) is 0 Å². The van der Waals surface area contributed by atoms with Crippen molar-refractivity contribution >= 4 is 5.69 Å². The van der Waals surface area contributed by atoms with Gasteiger partial charge in [-0.25, -0.2) is 0 Å². The van der Waals surface area contributed by atoms with E-state index in [0.717, 1.165) is 32.2 Å². The van der Waals surface area contributed by atoms with Gasteiger partial charge >= 0.3 is 0 Å². The predicted molar refractivity (Wildman–Crippen MR) is 108 cm³/mol. The molecule has 0 radical (unpaired) electrons. The molecular weight excluding hydrogens is 290 g/mol. The van der Waals surface area contributed by atoms with Gasteiger partial charge in [-0.3, -0.25) is 0 Å². The van der Waals surface area contributed by atoms with Gasteiger partial charge in [0, 0.05) is 24.0 Å². The van der Waals surface area contributed by atoms with E-state index >= 15 is 0 Å². The van der Waals surface area contributed by atoms with E-state index in [1.165, 1.54) is 22.5 Å². The Kier molecular flexibility index (Phi) is 9.39. The van der Waals surface area contributed by atoms with Crippen molar-refractivity contribution in [3.05, 3.63) is 65.4 Å². The Morgan fingerprint density at radius 3 is 2.42 bits per heavy atom. The summed E-state index contributed by atoms with van der Waals surface area (Å²) in [4.78, 5) is 2.32. The van der Waals surface area contributed by atoms with Crippen molar-refractivity contribution < 1.29 is 0 Å². The van der Waals surface area contributed by atoms with Crippen LogP contribution in [-0.4, -0.2) is 6.54 Å². The number of aryl methyl sites for hydroxylation is 1. The zero-order chi connectivity index (χ0) is 17.8. The lowest BCUT2D eigenvalue weighted by Gasteiger charge is -2.26. The third-order valence-electron chi connectivity index (χ3n) is 3.94. The van der Waals surface area contributed by atoms with Crippen LogP contribution in [0.1, 0.15) is 52.0 Å². The summed E-state index contributed by atoms with van der Waals surface area (Å²) in [6.45, 7) is 9.51. The standard InChI is InChI=1S/C23H31N/c1-6-11-21(9-4)14-10-19-24(22(12-7-2)13-8-3)23-17-15-20(5)16-18-23/h2,10-12,14-18H,6,8-9,13,19H2,1,3-5H3/b14-10-,21-11-,22-12+. The third-order valence-corrected chi connectivity index (χ3v) is 3.94. The quantitative estimate of drug-likeness (QED) is 0.374. The normalized spacial score (nSPS) is 12.5. The molecule has 128 valence electrons. The van der Waals surface area contributed by atoms with Crippen LogP contribution >= 0.6 is 0 Å². The molecule has 0 fully saturated rings. The molecule has 0 amide bonds. The first kappa shape index (κ1) is 19.8. The summed E-state index contributed by atoms with van der Waals surface area (Å²) in [5.74, 6) is 2.71. The van der Waals surface area contributed by atoms with E-state index in [4.69, 9.17) is 6.42 Å². The van der Waals surface area contributed by atoms with Crippen LogP contribution in [0.2, 0.25) is 0 Å². The maximum absolute atomic E-state index is 5.56. The largest absolute Gasteiger partial charge is 0.341 e. The van der Waals surface area contributed by atoms with E-state index in [-0.39, 0.29) is 0 Å². The first-order valence-electron chi connectivity index (χ1n) is 9.01. The summed E-state index contributed by atoms with van der Waals surface area (Å²) in [7, 11) is 0. The van der Waals surface area contributed by atoms with Gasteiger partial charge in [-0.1, -0.05) is 74.6 Å². The van der Waals surface area contributed by atoms with Crippen molar-refractivity contribution in [2.24, 2.45) is 0 Å². The Bertz CT molecular complexity index is 608. The van der Waals surface area contributed by atoms with E-state index in [1.54, 1.807) is 0 Å². The fourth-order valence-electron chi connectivity index (χ4n) is 2.65. The molecule has 1 aromatic rings. The molecule has 0 aliphatic carbocycles. The molecule has 1 nitrogen and oxygen atoms in total. The summed E-state index contributed by atoms with van der Waals surface area (Å²) < 4.78 is 0. The third kappa shape index (κ3) is 6.50. The molecule has 0 atom stereocenters. The molecule has 0 saturated heterocycles. The van der Waals surface area contributed by atoms with Crippen molar-refractivity contribution in [3.8, 4) is 12.3 Å². The Balaban J connectivity index is 3.07. The number of benzene rings is 1. The molecule has 0 heterocycles. The molecule has 1 rings (SSSR count). The van der Waals surface area contributed by atoms with Crippen LogP contribution in [0.3, 0.4) is 0 Å². The maximum atomic E-state index is 5.56. The highest BCUT2D eigenvalue weighted by Gasteiger charge is 2.10. The topological polar surface area (TPSA) is 3.24 Å². The molecule has 1 aromatic carbocycles. The van der Waals surface area contributed by atoms with Gasteiger partial charge in [0.05, 0.1) is 0 Å². The number of anilines is 1. The van der Waals surface area contributed by atoms with Gasteiger partial charge in [0.2, 0.25) is 0 Å². The molecule has 0 aliphatic rings. The fourth-order valence-corrected chi connectivity index (χ4v) is 2.65. The maximum Gasteiger partial charge on any atom is 0.0412 e. The average Bonchev–Trinajstić information content (AvgIpc) is 2.59. The Hall–Kier alpha value is -2.20. The molecule has 0 spiro atoms. The summed E-state index contributed by atoms with van der Waals surface area (Å²) in [6, 6.07) is 8.65. The van der Waals surface area contributed by atoms with Gasteiger partial charge in [-0.15, -0.1) is 6.42 Å². The summed E-state index contributed by atoms with van der Waals surface area (Å²) in [5, 5.41) is 0. The number of terminal acetylenes is 1. The highest BCUT2D eigenvalue weighted by atomic mass is 15.1. The molecule has 24 heavy (non-hydrogen) atoms. The second-order valence-corrected chi connectivity index (χ2v) is 5.94. The molecule has 1 heteroatoms. The zero-order valence-electron chi connectivity index (χ0n) is 15.7. The van der Waals surface area contributed by atoms with Gasteiger partial charge in [-0.05, 0) is 38.3 Å². The molecule has 0 aliphatic heterocycles. The Morgan fingerprint density at radius 2 is 1.88 bits per heavy atom. The van der Waals surface area contributed by atoms with Crippen LogP contribution in [-0.2, 0) is 0 Å². The number of allylic oxidation sites excluding steroid dienone is 5. The number of nitrogens with zero attached hydrogens (tertiary/aromatic N) is 1. The minimum atomic E-state index is 0.831. The number of hydrogen-bond acceptors (Lipinski definition) is 1. The minimum absolute atomic E-state index is 0.831. The SMILES string of the molecule is C#C/C=C(\CCC)N(C/C=C\C(=C/CC)CC)c1ccc(C)cc1. The number of hydrogen-bond donors (Lipinski definition) is 0. The van der Waals surface area contributed by atoms with Crippen LogP contribution in [0, 0.1) is 19.3 Å². The summed E-state index contributed by atoms with van der Waals surface area (Å²) in [6.07, 6.45) is 18.4. The lowest BCUT2D eigenvalue weighted by Crippen LogP contribution is -2.22. The highest BCUT2D eigenvalue weighted by Crippen LogP contribution is 2.23. The fraction of sp³-hybridized carbons (Fsp3) is 0.391. The second kappa shape index (κ2) is 11.4. The summed E-state index contributed by atoms with van der Waals surface area (Å²) in [5.41, 5.74) is 5.05. The van der Waals surface area contributed by atoms with Crippen molar-refractivity contribution in [2.75, 3.05) is 11.4 Å². The molecule has 0 saturated carbocycles. The van der Waals surface area contributed by atoms with Gasteiger partial charge < -0.3 is 4.90 Å². The van der Waals surface area contributed by atoms with Crippen molar-refractivity contribution in [1.82, 2.24) is 0 Å². The molecule has 0 unspecified atom stereocenters. The molecule has 0 bridgehead atoms. The molecule has 0 aromatic heterocycles. The van der Waals surface area contributed by atoms with Crippen molar-refractivity contribution in [1.29, 1.82) is 0 Å². The minimum Gasteiger partial charge on any atom is -0.341 e. The van der Waals surface area contributed by atoms with E-state index in [2.05, 4.69) is 81.0 Å². The van der Waals surface area contributed by atoms with Crippen molar-refractivity contribution in [2.45, 2.75) is 53.4 Å². The van der Waals surface area contributed by atoms with Crippen LogP contribution in [0.5, 0.6) is 0 Å². The molecule has 0 N–H and O–H groups in total. The first-order chi connectivity index (χ1) is 11.7. The Morgan fingerprint density at radius 1 is 1.17 bits per heavy atom. The lowest BCUT2D eigenvalue weighted by molar-refractivity contribution is 0.840. The van der Waals surface area contributed by atoms with E-state index in [1.807, 2.05) is 6.08 Å². The number of rotatable bonds is 9. The van der Waals surface area contributed by atoms with Gasteiger partial charge in [0.15, 0.2) is 0 Å². The smallest absolute Gasteiger partial charge is 0.0412 e. The summed E-state index contributed by atoms with van der Waals surface area (Å²) >= 11 is 0. The first-order valence-corrected chi connectivity index (χ1v) is 9.01. The van der Waals surface area contributed by atoms with Crippen LogP contribution in [0.25, 0.3) is 0 Å². The van der Waals surface area contributed by atoms with E-state index < -0.39 is 0 Å². The lowest BCUT2D eigenvalue weighted by atomic mass is 10.1. The van der Waals surface area contributed by atoms with E-state index in [9.17, 15) is 0 Å². The van der Waals surface area contributed by atoms with Crippen LogP contribution < -0.4 is 4.90 Å². The highest BCUT2D eigenvalue weighted by molar-refractivity contribution is 5.54. The van der Waals surface area contributed by atoms with Gasteiger partial charge in [-0.2, -0.15) is 0 Å². The van der Waals surface area contributed by atoms with Gasteiger partial charge in [0.25, 0.3) is 0 Å². The van der Waals surface area contributed by atoms with Gasteiger partial charge in [0.1, 0.15) is 0 Å². The second-order valence-electron chi connectivity index (χ2n) is 5.94. The Labute approximate surface area is 148 Å². The van der Waals surface area contributed by atoms with Crippen LogP contribution in [0.15, 0.2) is 59.8 Å². The monoisotopic (exact) mass is 321 g/mol. The van der Waals surface area contributed by atoms with Crippen LogP contribution in [0.4, 0.5) is 5.69 Å². The zero-order valence-corrected chi connectivity index (χ0v) is 15.7. The molecular formula is C23H31N.